The highest BCUT2D eigenvalue weighted by molar-refractivity contribution is 5.76. The van der Waals surface area contributed by atoms with E-state index in [0.29, 0.717) is 18.3 Å². The molecule has 0 aromatic carbocycles. The summed E-state index contributed by atoms with van der Waals surface area (Å²) in [5.74, 6) is 1.31. The van der Waals surface area contributed by atoms with Gasteiger partial charge in [-0.25, -0.2) is 0 Å². The average Bonchev–Trinajstić information content (AvgIpc) is 2.54. The number of nitrogens with zero attached hydrogens (tertiary/aromatic N) is 1. The summed E-state index contributed by atoms with van der Waals surface area (Å²) >= 11 is 0. The first kappa shape index (κ1) is 16.0. The number of aromatic nitrogens is 1. The Kier molecular flexibility index (Phi) is 6.18. The molecule has 1 aliphatic heterocycles. The molecule has 0 bridgehead atoms. The van der Waals surface area contributed by atoms with Gasteiger partial charge in [-0.2, -0.15) is 0 Å². The van der Waals surface area contributed by atoms with Crippen molar-refractivity contribution in [1.82, 2.24) is 15.6 Å². The maximum absolute atomic E-state index is 12.3. The summed E-state index contributed by atoms with van der Waals surface area (Å²) in [7, 11) is 0. The Bertz CT molecular complexity index is 429. The quantitative estimate of drug-likeness (QED) is 0.846. The number of pyridine rings is 1. The second kappa shape index (κ2) is 8.13. The van der Waals surface area contributed by atoms with E-state index < -0.39 is 0 Å². The van der Waals surface area contributed by atoms with Crippen LogP contribution in [-0.4, -0.2) is 24.0 Å². The number of rotatable bonds is 6. The topological polar surface area (TPSA) is 54.0 Å². The molecule has 4 nitrogen and oxygen atoms in total. The van der Waals surface area contributed by atoms with E-state index in [1.807, 2.05) is 12.1 Å². The summed E-state index contributed by atoms with van der Waals surface area (Å²) in [5.41, 5.74) is 1.13. The normalized spacial score (nSPS) is 19.0. The molecule has 1 aliphatic rings. The van der Waals surface area contributed by atoms with E-state index in [9.17, 15) is 4.79 Å². The van der Waals surface area contributed by atoms with Crippen molar-refractivity contribution in [3.05, 3.63) is 30.1 Å². The lowest BCUT2D eigenvalue weighted by molar-refractivity contribution is -0.123. The third-order valence-electron chi connectivity index (χ3n) is 4.55. The van der Waals surface area contributed by atoms with Crippen LogP contribution in [0.3, 0.4) is 0 Å². The molecule has 2 heterocycles. The number of hydrogen-bond acceptors (Lipinski definition) is 3. The second-order valence-corrected chi connectivity index (χ2v) is 6.08. The van der Waals surface area contributed by atoms with Crippen molar-refractivity contribution < 1.29 is 4.79 Å². The molecule has 2 N–H and O–H groups in total. The van der Waals surface area contributed by atoms with Crippen LogP contribution in [0.5, 0.6) is 0 Å². The Morgan fingerprint density at radius 1 is 1.38 bits per heavy atom. The molecule has 0 radical (unpaired) electrons. The predicted octanol–water partition coefficient (Wildman–Crippen LogP) is 2.67. The van der Waals surface area contributed by atoms with Gasteiger partial charge in [0.05, 0.1) is 6.04 Å². The van der Waals surface area contributed by atoms with E-state index in [0.717, 1.165) is 25.1 Å². The third kappa shape index (κ3) is 4.81. The number of carbonyl (C=O) groups excluding carboxylic acids is 1. The number of carbonyl (C=O) groups is 1. The first-order valence-corrected chi connectivity index (χ1v) is 8.10. The summed E-state index contributed by atoms with van der Waals surface area (Å²) in [6.45, 7) is 6.49. The molecule has 0 saturated carbocycles. The van der Waals surface area contributed by atoms with Crippen molar-refractivity contribution in [1.29, 1.82) is 0 Å². The molecule has 1 saturated heterocycles. The van der Waals surface area contributed by atoms with Crippen molar-refractivity contribution in [2.24, 2.45) is 11.8 Å². The smallest absolute Gasteiger partial charge is 0.220 e. The van der Waals surface area contributed by atoms with Crippen molar-refractivity contribution in [3.8, 4) is 0 Å². The van der Waals surface area contributed by atoms with Crippen LogP contribution in [-0.2, 0) is 4.79 Å². The molecular weight excluding hydrogens is 262 g/mol. The van der Waals surface area contributed by atoms with E-state index in [1.165, 1.54) is 12.8 Å². The van der Waals surface area contributed by atoms with Crippen molar-refractivity contribution in [2.45, 2.75) is 45.6 Å². The molecule has 1 aromatic rings. The van der Waals surface area contributed by atoms with Crippen LogP contribution in [0, 0.1) is 11.8 Å². The fraction of sp³-hybridized carbons (Fsp3) is 0.647. The molecule has 2 atom stereocenters. The van der Waals surface area contributed by atoms with Gasteiger partial charge >= 0.3 is 0 Å². The second-order valence-electron chi connectivity index (χ2n) is 6.08. The first-order valence-electron chi connectivity index (χ1n) is 8.10. The minimum Gasteiger partial charge on any atom is -0.349 e. The number of nitrogens with one attached hydrogen (secondary N) is 2. The lowest BCUT2D eigenvalue weighted by Gasteiger charge is -2.28. The van der Waals surface area contributed by atoms with Crippen molar-refractivity contribution in [3.63, 3.8) is 0 Å². The summed E-state index contributed by atoms with van der Waals surface area (Å²) in [6.07, 6.45) is 7.47. The van der Waals surface area contributed by atoms with Gasteiger partial charge in [0.25, 0.3) is 0 Å². The highest BCUT2D eigenvalue weighted by Crippen LogP contribution is 2.25. The van der Waals surface area contributed by atoms with Gasteiger partial charge in [-0.1, -0.05) is 13.8 Å². The van der Waals surface area contributed by atoms with Crippen LogP contribution in [0.1, 0.15) is 51.1 Å². The Labute approximate surface area is 127 Å². The average molecular weight is 289 g/mol. The fourth-order valence-electron chi connectivity index (χ4n) is 3.14. The Morgan fingerprint density at radius 3 is 2.67 bits per heavy atom. The van der Waals surface area contributed by atoms with Crippen LogP contribution >= 0.6 is 0 Å². The van der Waals surface area contributed by atoms with E-state index >= 15 is 0 Å². The molecule has 0 spiro atoms. The lowest BCUT2D eigenvalue weighted by Crippen LogP contribution is -2.34. The van der Waals surface area contributed by atoms with Gasteiger partial charge in [0, 0.05) is 18.8 Å². The van der Waals surface area contributed by atoms with E-state index in [1.54, 1.807) is 12.4 Å². The molecule has 2 unspecified atom stereocenters. The van der Waals surface area contributed by atoms with Gasteiger partial charge in [-0.05, 0) is 61.9 Å². The van der Waals surface area contributed by atoms with Crippen molar-refractivity contribution >= 4 is 5.91 Å². The zero-order valence-corrected chi connectivity index (χ0v) is 13.1. The molecule has 1 fully saturated rings. The van der Waals surface area contributed by atoms with Gasteiger partial charge < -0.3 is 10.6 Å². The third-order valence-corrected chi connectivity index (χ3v) is 4.55. The van der Waals surface area contributed by atoms with E-state index in [4.69, 9.17) is 0 Å². The monoisotopic (exact) mass is 289 g/mol. The number of piperidine rings is 1. The molecule has 116 valence electrons. The summed E-state index contributed by atoms with van der Waals surface area (Å²) in [5, 5.41) is 6.55. The largest absolute Gasteiger partial charge is 0.349 e. The Morgan fingerprint density at radius 2 is 2.05 bits per heavy atom. The van der Waals surface area contributed by atoms with Crippen molar-refractivity contribution in [2.75, 3.05) is 13.1 Å². The van der Waals surface area contributed by atoms with E-state index in [-0.39, 0.29) is 11.9 Å². The zero-order valence-electron chi connectivity index (χ0n) is 13.1. The van der Waals surface area contributed by atoms with Crippen LogP contribution < -0.4 is 10.6 Å². The first-order chi connectivity index (χ1) is 10.2. The molecule has 1 aromatic heterocycles. The van der Waals surface area contributed by atoms with Crippen LogP contribution in [0.4, 0.5) is 0 Å². The van der Waals surface area contributed by atoms with Crippen LogP contribution in [0.15, 0.2) is 24.5 Å². The summed E-state index contributed by atoms with van der Waals surface area (Å²) < 4.78 is 0. The SMILES string of the molecule is CCC(NC(=O)CC(C)C1CCNCC1)c1ccncc1. The molecule has 2 rings (SSSR count). The highest BCUT2D eigenvalue weighted by Gasteiger charge is 2.23. The van der Waals surface area contributed by atoms with Gasteiger partial charge in [0.2, 0.25) is 5.91 Å². The Balaban J connectivity index is 1.85. The minimum absolute atomic E-state index is 0.0979. The molecule has 21 heavy (non-hydrogen) atoms. The van der Waals surface area contributed by atoms with Gasteiger partial charge in [0.1, 0.15) is 0 Å². The minimum atomic E-state index is 0.0979. The van der Waals surface area contributed by atoms with Crippen LogP contribution in [0.2, 0.25) is 0 Å². The molecular formula is C17H27N3O. The van der Waals surface area contributed by atoms with Crippen LogP contribution in [0.25, 0.3) is 0 Å². The number of hydrogen-bond donors (Lipinski definition) is 2. The molecule has 0 aliphatic carbocycles. The number of amides is 1. The van der Waals surface area contributed by atoms with Gasteiger partial charge in [-0.15, -0.1) is 0 Å². The van der Waals surface area contributed by atoms with Gasteiger partial charge in [-0.3, -0.25) is 9.78 Å². The lowest BCUT2D eigenvalue weighted by atomic mass is 9.84. The zero-order chi connectivity index (χ0) is 15.1. The maximum Gasteiger partial charge on any atom is 0.220 e. The van der Waals surface area contributed by atoms with E-state index in [2.05, 4.69) is 29.5 Å². The Hall–Kier alpha value is -1.42. The molecule has 4 heteroatoms. The maximum atomic E-state index is 12.3. The highest BCUT2D eigenvalue weighted by atomic mass is 16.1. The fourth-order valence-corrected chi connectivity index (χ4v) is 3.14. The standard InChI is InChI=1S/C17H27N3O/c1-3-16(15-6-10-19-11-7-15)20-17(21)12-13(2)14-4-8-18-9-5-14/h6-7,10-11,13-14,16,18H,3-5,8-9,12H2,1-2H3,(H,20,21). The predicted molar refractivity (Wildman–Crippen MR) is 84.8 cm³/mol. The molecule has 1 amide bonds. The summed E-state index contributed by atoms with van der Waals surface area (Å²) in [6, 6.07) is 4.05. The summed E-state index contributed by atoms with van der Waals surface area (Å²) in [4.78, 5) is 16.3. The van der Waals surface area contributed by atoms with Gasteiger partial charge in [0.15, 0.2) is 0 Å².